The van der Waals surface area contributed by atoms with Crippen LogP contribution in [0.2, 0.25) is 0 Å². The Hall–Kier alpha value is -1.71. The summed E-state index contributed by atoms with van der Waals surface area (Å²) >= 11 is 0. The van der Waals surface area contributed by atoms with Gasteiger partial charge in [-0.25, -0.2) is 0 Å². The monoisotopic (exact) mass is 233 g/mol. The van der Waals surface area contributed by atoms with Crippen molar-refractivity contribution in [3.63, 3.8) is 0 Å². The first kappa shape index (κ1) is 11.8. The Morgan fingerprint density at radius 2 is 2.18 bits per heavy atom. The molecule has 1 aliphatic rings. The molecule has 92 valence electrons. The Morgan fingerprint density at radius 1 is 1.41 bits per heavy atom. The van der Waals surface area contributed by atoms with Gasteiger partial charge in [0.1, 0.15) is 6.04 Å². The van der Waals surface area contributed by atoms with Gasteiger partial charge in [-0.05, 0) is 37.8 Å². The van der Waals surface area contributed by atoms with Crippen LogP contribution in [-0.2, 0) is 4.79 Å². The number of para-hydroxylation sites is 1. The largest absolute Gasteiger partial charge is 0.397 e. The van der Waals surface area contributed by atoms with Gasteiger partial charge >= 0.3 is 0 Å². The first-order valence-electron chi connectivity index (χ1n) is 6.02. The van der Waals surface area contributed by atoms with E-state index in [0.29, 0.717) is 0 Å². The Bertz CT molecular complexity index is 431. The van der Waals surface area contributed by atoms with Crippen molar-refractivity contribution in [3.8, 4) is 0 Å². The summed E-state index contributed by atoms with van der Waals surface area (Å²) in [6.07, 6.45) is 2.95. The number of anilines is 2. The molecule has 4 N–H and O–H groups in total. The molecule has 1 saturated heterocycles. The van der Waals surface area contributed by atoms with Crippen LogP contribution in [0, 0.1) is 6.92 Å². The molecule has 0 spiro atoms. The van der Waals surface area contributed by atoms with Crippen LogP contribution in [0.3, 0.4) is 0 Å². The zero-order chi connectivity index (χ0) is 12.4. The molecule has 0 aliphatic carbocycles. The van der Waals surface area contributed by atoms with Crippen LogP contribution < -0.4 is 16.4 Å². The number of primary amides is 1. The van der Waals surface area contributed by atoms with Crippen LogP contribution >= 0.6 is 0 Å². The topological polar surface area (TPSA) is 72.3 Å². The summed E-state index contributed by atoms with van der Waals surface area (Å²) in [6.45, 7) is 2.82. The molecule has 0 radical (unpaired) electrons. The van der Waals surface area contributed by atoms with Crippen molar-refractivity contribution < 1.29 is 4.79 Å². The van der Waals surface area contributed by atoms with Gasteiger partial charge in [-0.2, -0.15) is 0 Å². The average Bonchev–Trinajstić information content (AvgIpc) is 2.33. The van der Waals surface area contributed by atoms with Crippen LogP contribution in [0.25, 0.3) is 0 Å². The molecule has 1 fully saturated rings. The van der Waals surface area contributed by atoms with Crippen LogP contribution in [0.1, 0.15) is 24.8 Å². The third-order valence-electron chi connectivity index (χ3n) is 3.44. The lowest BCUT2D eigenvalue weighted by Crippen LogP contribution is -2.48. The molecule has 1 amide bonds. The molecular formula is C13H19N3O. The van der Waals surface area contributed by atoms with E-state index < -0.39 is 0 Å². The third-order valence-corrected chi connectivity index (χ3v) is 3.44. The van der Waals surface area contributed by atoms with E-state index in [1.807, 2.05) is 30.0 Å². The highest BCUT2D eigenvalue weighted by molar-refractivity contribution is 5.86. The number of rotatable bonds is 2. The lowest BCUT2D eigenvalue weighted by molar-refractivity contribution is -0.119. The fourth-order valence-corrected chi connectivity index (χ4v) is 2.43. The average molecular weight is 233 g/mol. The molecule has 4 heteroatoms. The van der Waals surface area contributed by atoms with E-state index in [0.717, 1.165) is 42.7 Å². The van der Waals surface area contributed by atoms with E-state index in [-0.39, 0.29) is 11.9 Å². The second-order valence-corrected chi connectivity index (χ2v) is 4.62. The van der Waals surface area contributed by atoms with Gasteiger partial charge in [0.15, 0.2) is 0 Å². The molecule has 0 bridgehead atoms. The first-order chi connectivity index (χ1) is 8.11. The highest BCUT2D eigenvalue weighted by atomic mass is 16.1. The molecule has 1 aromatic rings. The fraction of sp³-hybridized carbons (Fsp3) is 0.462. The van der Waals surface area contributed by atoms with Gasteiger partial charge in [0.25, 0.3) is 0 Å². The standard InChI is InChI=1S/C13H19N3O/c1-9-5-4-7-10(12(9)14)16-8-3-2-6-11(16)13(15)17/h4-5,7,11H,2-3,6,8,14H2,1H3,(H2,15,17). The number of carbonyl (C=O) groups excluding carboxylic acids is 1. The minimum atomic E-state index is -0.259. The maximum absolute atomic E-state index is 11.5. The zero-order valence-electron chi connectivity index (χ0n) is 10.1. The highest BCUT2D eigenvalue weighted by Crippen LogP contribution is 2.31. The predicted octanol–water partition coefficient (Wildman–Crippen LogP) is 1.42. The number of nitrogens with zero attached hydrogens (tertiary/aromatic N) is 1. The molecule has 4 nitrogen and oxygen atoms in total. The van der Waals surface area contributed by atoms with Crippen molar-refractivity contribution >= 4 is 17.3 Å². The molecule has 17 heavy (non-hydrogen) atoms. The number of hydrogen-bond acceptors (Lipinski definition) is 3. The van der Waals surface area contributed by atoms with Crippen molar-refractivity contribution in [2.75, 3.05) is 17.2 Å². The summed E-state index contributed by atoms with van der Waals surface area (Å²) in [7, 11) is 0. The second-order valence-electron chi connectivity index (χ2n) is 4.62. The Morgan fingerprint density at radius 3 is 2.88 bits per heavy atom. The Kier molecular flexibility index (Phi) is 3.22. The normalized spacial score (nSPS) is 20.3. The molecule has 1 unspecified atom stereocenters. The van der Waals surface area contributed by atoms with Crippen molar-refractivity contribution in [3.05, 3.63) is 23.8 Å². The number of hydrogen-bond donors (Lipinski definition) is 2. The molecule has 0 saturated carbocycles. The molecule has 1 aliphatic heterocycles. The first-order valence-corrected chi connectivity index (χ1v) is 6.02. The molecule has 1 heterocycles. The van der Waals surface area contributed by atoms with Crippen molar-refractivity contribution in [1.82, 2.24) is 0 Å². The number of piperidine rings is 1. The highest BCUT2D eigenvalue weighted by Gasteiger charge is 2.28. The Balaban J connectivity index is 2.36. The van der Waals surface area contributed by atoms with Crippen molar-refractivity contribution in [2.45, 2.75) is 32.2 Å². The number of aryl methyl sites for hydroxylation is 1. The van der Waals surface area contributed by atoms with Gasteiger partial charge in [-0.15, -0.1) is 0 Å². The second kappa shape index (κ2) is 4.65. The van der Waals surface area contributed by atoms with Gasteiger partial charge < -0.3 is 16.4 Å². The van der Waals surface area contributed by atoms with Crippen LogP contribution in [0.4, 0.5) is 11.4 Å². The van der Waals surface area contributed by atoms with Gasteiger partial charge in [0.05, 0.1) is 11.4 Å². The number of carbonyl (C=O) groups is 1. The minimum Gasteiger partial charge on any atom is -0.397 e. The summed E-state index contributed by atoms with van der Waals surface area (Å²) < 4.78 is 0. The smallest absolute Gasteiger partial charge is 0.240 e. The van der Waals surface area contributed by atoms with E-state index in [4.69, 9.17) is 11.5 Å². The quantitative estimate of drug-likeness (QED) is 0.759. The maximum atomic E-state index is 11.5. The van der Waals surface area contributed by atoms with E-state index >= 15 is 0 Å². The Labute approximate surface area is 102 Å². The number of amides is 1. The summed E-state index contributed by atoms with van der Waals surface area (Å²) in [4.78, 5) is 13.5. The minimum absolute atomic E-state index is 0.215. The van der Waals surface area contributed by atoms with E-state index in [1.54, 1.807) is 0 Å². The molecule has 0 aromatic heterocycles. The van der Waals surface area contributed by atoms with Crippen LogP contribution in [0.15, 0.2) is 18.2 Å². The van der Waals surface area contributed by atoms with Crippen molar-refractivity contribution in [2.24, 2.45) is 5.73 Å². The van der Waals surface area contributed by atoms with Gasteiger partial charge in [-0.3, -0.25) is 4.79 Å². The van der Waals surface area contributed by atoms with E-state index in [9.17, 15) is 4.79 Å². The summed E-state index contributed by atoms with van der Waals surface area (Å²) in [6, 6.07) is 5.69. The maximum Gasteiger partial charge on any atom is 0.240 e. The van der Waals surface area contributed by atoms with Gasteiger partial charge in [-0.1, -0.05) is 12.1 Å². The van der Waals surface area contributed by atoms with E-state index in [1.165, 1.54) is 0 Å². The molecule has 2 rings (SSSR count). The van der Waals surface area contributed by atoms with E-state index in [2.05, 4.69) is 0 Å². The summed E-state index contributed by atoms with van der Waals surface area (Å²) in [5.74, 6) is -0.259. The predicted molar refractivity (Wildman–Crippen MR) is 69.8 cm³/mol. The third kappa shape index (κ3) is 2.20. The molecule has 1 atom stereocenters. The van der Waals surface area contributed by atoms with Crippen LogP contribution in [-0.4, -0.2) is 18.5 Å². The summed E-state index contributed by atoms with van der Waals surface area (Å²) in [5, 5.41) is 0. The van der Waals surface area contributed by atoms with Crippen LogP contribution in [0.5, 0.6) is 0 Å². The molecular weight excluding hydrogens is 214 g/mol. The van der Waals surface area contributed by atoms with Gasteiger partial charge in [0, 0.05) is 6.54 Å². The number of benzene rings is 1. The number of nitrogens with two attached hydrogens (primary N) is 2. The summed E-state index contributed by atoms with van der Waals surface area (Å²) in [5.41, 5.74) is 14.3. The zero-order valence-corrected chi connectivity index (χ0v) is 10.1. The van der Waals surface area contributed by atoms with Crippen molar-refractivity contribution in [1.29, 1.82) is 0 Å². The number of nitrogen functional groups attached to an aromatic ring is 1. The molecule has 1 aromatic carbocycles. The SMILES string of the molecule is Cc1cccc(N2CCCCC2C(N)=O)c1N. The fourth-order valence-electron chi connectivity index (χ4n) is 2.43. The lowest BCUT2D eigenvalue weighted by Gasteiger charge is -2.36. The lowest BCUT2D eigenvalue weighted by atomic mass is 9.99. The van der Waals surface area contributed by atoms with Gasteiger partial charge in [0.2, 0.25) is 5.91 Å².